The van der Waals surface area contributed by atoms with Crippen LogP contribution >= 0.6 is 15.9 Å². The van der Waals surface area contributed by atoms with E-state index in [1.165, 1.54) is 6.92 Å². The maximum absolute atomic E-state index is 13.4. The third-order valence-electron chi connectivity index (χ3n) is 8.94. The van der Waals surface area contributed by atoms with Gasteiger partial charge in [-0.05, 0) is 62.2 Å². The van der Waals surface area contributed by atoms with E-state index in [0.717, 1.165) is 25.7 Å². The van der Waals surface area contributed by atoms with E-state index >= 15 is 0 Å². The van der Waals surface area contributed by atoms with Gasteiger partial charge in [0.25, 0.3) is 0 Å². The SMILES string of the molecule is CC(=O)[C@@]1(O)CC[C@H]2[C@@H]3CCC4C(Br)C(=O)CC[C@]4(C)[C@H]3C(=O)C[C@@]21C. The first-order valence-corrected chi connectivity index (χ1v) is 10.9. The molecule has 5 heteroatoms. The number of halogens is 1. The second-order valence-electron chi connectivity index (χ2n) is 9.82. The number of fused-ring (bicyclic) bond motifs is 5. The number of carbonyl (C=O) groups excluding carboxylic acids is 3. The van der Waals surface area contributed by atoms with Gasteiger partial charge in [-0.3, -0.25) is 14.4 Å². The van der Waals surface area contributed by atoms with Crippen LogP contribution in [0.3, 0.4) is 0 Å². The molecular formula is C21H29BrO4. The largest absolute Gasteiger partial charge is 0.381 e. The van der Waals surface area contributed by atoms with Gasteiger partial charge in [-0.25, -0.2) is 0 Å². The fourth-order valence-corrected chi connectivity index (χ4v) is 8.59. The van der Waals surface area contributed by atoms with Crippen molar-refractivity contribution in [2.75, 3.05) is 0 Å². The maximum atomic E-state index is 13.4. The molecule has 4 aliphatic rings. The van der Waals surface area contributed by atoms with Crippen LogP contribution in [0.15, 0.2) is 0 Å². The summed E-state index contributed by atoms with van der Waals surface area (Å²) in [5.41, 5.74) is -2.16. The number of carbonyl (C=O) groups is 3. The molecule has 4 fully saturated rings. The highest BCUT2D eigenvalue weighted by atomic mass is 79.9. The van der Waals surface area contributed by atoms with Crippen LogP contribution in [-0.4, -0.2) is 32.9 Å². The molecule has 4 saturated carbocycles. The number of hydrogen-bond acceptors (Lipinski definition) is 4. The van der Waals surface area contributed by atoms with Crippen molar-refractivity contribution < 1.29 is 19.5 Å². The van der Waals surface area contributed by atoms with E-state index in [0.29, 0.717) is 12.8 Å². The van der Waals surface area contributed by atoms with Gasteiger partial charge in [0.15, 0.2) is 5.78 Å². The number of Topliss-reactive ketones (excluding diaryl/α,β-unsaturated/α-hetero) is 3. The Balaban J connectivity index is 1.73. The standard InChI is InChI=1S/C21H29BrO4/c1-11(23)21(26)9-6-13-12-4-5-14-18(22)15(24)7-8-19(14,2)17(12)16(25)10-20(13,21)3/h12-14,17-18,26H,4-10H2,1-3H3/t12-,13-,14?,17+,18?,19-,20-,21-/m0/s1. The van der Waals surface area contributed by atoms with Crippen molar-refractivity contribution in [1.29, 1.82) is 0 Å². The van der Waals surface area contributed by atoms with Crippen molar-refractivity contribution in [2.45, 2.75) is 76.1 Å². The van der Waals surface area contributed by atoms with E-state index in [1.54, 1.807) is 0 Å². The summed E-state index contributed by atoms with van der Waals surface area (Å²) in [5, 5.41) is 11.2. The van der Waals surface area contributed by atoms with Gasteiger partial charge in [0.2, 0.25) is 0 Å². The first-order valence-electron chi connectivity index (χ1n) is 9.99. The summed E-state index contributed by atoms with van der Waals surface area (Å²) in [6.45, 7) is 5.64. The Morgan fingerprint density at radius 1 is 1.08 bits per heavy atom. The molecule has 8 atom stereocenters. The maximum Gasteiger partial charge on any atom is 0.161 e. The predicted molar refractivity (Wildman–Crippen MR) is 101 cm³/mol. The molecule has 0 radical (unpaired) electrons. The molecular weight excluding hydrogens is 396 g/mol. The quantitative estimate of drug-likeness (QED) is 0.654. The number of rotatable bonds is 1. The minimum atomic E-state index is -1.36. The molecule has 0 saturated heterocycles. The molecule has 0 aliphatic heterocycles. The molecule has 26 heavy (non-hydrogen) atoms. The Morgan fingerprint density at radius 2 is 1.77 bits per heavy atom. The molecule has 0 aromatic rings. The normalized spacial score (nSPS) is 53.7. The Kier molecular flexibility index (Phi) is 4.14. The van der Waals surface area contributed by atoms with Crippen LogP contribution in [0.2, 0.25) is 0 Å². The Morgan fingerprint density at radius 3 is 2.42 bits per heavy atom. The van der Waals surface area contributed by atoms with E-state index in [2.05, 4.69) is 22.9 Å². The molecule has 0 spiro atoms. The topological polar surface area (TPSA) is 71.4 Å². The van der Waals surface area contributed by atoms with Crippen molar-refractivity contribution in [3.8, 4) is 0 Å². The van der Waals surface area contributed by atoms with Crippen LogP contribution < -0.4 is 0 Å². The molecule has 0 aromatic carbocycles. The monoisotopic (exact) mass is 424 g/mol. The van der Waals surface area contributed by atoms with Crippen LogP contribution in [0.5, 0.6) is 0 Å². The fourth-order valence-electron chi connectivity index (χ4n) is 7.49. The smallest absolute Gasteiger partial charge is 0.161 e. The summed E-state index contributed by atoms with van der Waals surface area (Å²) in [7, 11) is 0. The van der Waals surface area contributed by atoms with E-state index in [-0.39, 0.29) is 57.7 Å². The summed E-state index contributed by atoms with van der Waals surface area (Å²) in [5.74, 6) is 0.889. The van der Waals surface area contributed by atoms with E-state index in [4.69, 9.17) is 0 Å². The Bertz CT molecular complexity index is 689. The minimum absolute atomic E-state index is 0.0400. The van der Waals surface area contributed by atoms with Crippen molar-refractivity contribution in [2.24, 2.45) is 34.5 Å². The van der Waals surface area contributed by atoms with Gasteiger partial charge >= 0.3 is 0 Å². The zero-order valence-corrected chi connectivity index (χ0v) is 17.5. The summed E-state index contributed by atoms with van der Waals surface area (Å²) in [6, 6.07) is 0. The summed E-state index contributed by atoms with van der Waals surface area (Å²) >= 11 is 3.63. The molecule has 1 N–H and O–H groups in total. The number of hydrogen-bond donors (Lipinski definition) is 1. The van der Waals surface area contributed by atoms with Crippen molar-refractivity contribution in [1.82, 2.24) is 0 Å². The number of aliphatic hydroxyl groups is 1. The average Bonchev–Trinajstić information content (AvgIpc) is 2.83. The third-order valence-corrected chi connectivity index (χ3v) is 10.1. The number of alkyl halides is 1. The zero-order valence-electron chi connectivity index (χ0n) is 15.9. The molecule has 4 aliphatic carbocycles. The zero-order chi connectivity index (χ0) is 19.1. The van der Waals surface area contributed by atoms with Gasteiger partial charge in [-0.1, -0.05) is 29.8 Å². The van der Waals surface area contributed by atoms with Gasteiger partial charge in [-0.15, -0.1) is 0 Å². The summed E-state index contributed by atoms with van der Waals surface area (Å²) < 4.78 is 0. The van der Waals surface area contributed by atoms with Gasteiger partial charge in [-0.2, -0.15) is 0 Å². The lowest BCUT2D eigenvalue weighted by Gasteiger charge is -2.60. The first kappa shape index (κ1) is 18.8. The molecule has 4 nitrogen and oxygen atoms in total. The second-order valence-corrected chi connectivity index (χ2v) is 10.8. The Labute approximate surface area is 163 Å². The molecule has 0 heterocycles. The predicted octanol–water partition coefficient (Wildman–Crippen LogP) is 3.47. The molecule has 4 rings (SSSR count). The number of ketones is 3. The molecule has 0 bridgehead atoms. The Hall–Kier alpha value is -0.550. The highest BCUT2D eigenvalue weighted by Gasteiger charge is 2.69. The van der Waals surface area contributed by atoms with Crippen LogP contribution in [-0.2, 0) is 14.4 Å². The molecule has 0 aromatic heterocycles. The lowest BCUT2D eigenvalue weighted by atomic mass is 9.44. The van der Waals surface area contributed by atoms with Crippen molar-refractivity contribution in [3.63, 3.8) is 0 Å². The van der Waals surface area contributed by atoms with Crippen LogP contribution in [0.4, 0.5) is 0 Å². The molecule has 0 amide bonds. The minimum Gasteiger partial charge on any atom is -0.381 e. The van der Waals surface area contributed by atoms with Crippen molar-refractivity contribution >= 4 is 33.3 Å². The lowest BCUT2D eigenvalue weighted by molar-refractivity contribution is -0.176. The second kappa shape index (κ2) is 5.73. The van der Waals surface area contributed by atoms with Crippen LogP contribution in [0.1, 0.15) is 65.7 Å². The fraction of sp³-hybridized carbons (Fsp3) is 0.857. The summed E-state index contributed by atoms with van der Waals surface area (Å²) in [4.78, 5) is 37.8. The van der Waals surface area contributed by atoms with Gasteiger partial charge in [0.05, 0.1) is 4.83 Å². The van der Waals surface area contributed by atoms with Crippen LogP contribution in [0, 0.1) is 34.5 Å². The van der Waals surface area contributed by atoms with E-state index in [9.17, 15) is 19.5 Å². The lowest BCUT2D eigenvalue weighted by Crippen LogP contribution is -2.62. The van der Waals surface area contributed by atoms with Gasteiger partial charge < -0.3 is 5.11 Å². The van der Waals surface area contributed by atoms with Crippen molar-refractivity contribution in [3.05, 3.63) is 0 Å². The van der Waals surface area contributed by atoms with Gasteiger partial charge in [0, 0.05) is 24.2 Å². The highest BCUT2D eigenvalue weighted by Crippen LogP contribution is 2.67. The average molecular weight is 425 g/mol. The molecule has 144 valence electrons. The third kappa shape index (κ3) is 2.13. The van der Waals surface area contributed by atoms with Crippen LogP contribution in [0.25, 0.3) is 0 Å². The first-order chi connectivity index (χ1) is 12.1. The van der Waals surface area contributed by atoms with Gasteiger partial charge in [0.1, 0.15) is 17.2 Å². The molecule has 2 unspecified atom stereocenters. The van der Waals surface area contributed by atoms with E-state index < -0.39 is 11.0 Å². The highest BCUT2D eigenvalue weighted by molar-refractivity contribution is 9.10. The summed E-state index contributed by atoms with van der Waals surface area (Å²) in [6.07, 6.45) is 4.76. The van der Waals surface area contributed by atoms with E-state index in [1.807, 2.05) is 6.92 Å².